The molecule has 3 nitrogen and oxygen atoms in total. The van der Waals surface area contributed by atoms with Crippen molar-refractivity contribution in [1.29, 1.82) is 0 Å². The highest BCUT2D eigenvalue weighted by atomic mass is 32.1. The van der Waals surface area contributed by atoms with Gasteiger partial charge < -0.3 is 9.64 Å². The number of aryl methyl sites for hydroxylation is 2. The summed E-state index contributed by atoms with van der Waals surface area (Å²) in [5.74, 6) is 1.18. The van der Waals surface area contributed by atoms with E-state index >= 15 is 0 Å². The normalized spacial score (nSPS) is 10.9. The number of rotatable bonds is 6. The smallest absolute Gasteiger partial charge is 0.260 e. The first-order valence-corrected chi connectivity index (χ1v) is 8.76. The predicted octanol–water partition coefficient (Wildman–Crippen LogP) is 4.53. The van der Waals surface area contributed by atoms with Crippen molar-refractivity contribution in [2.24, 2.45) is 0 Å². The summed E-state index contributed by atoms with van der Waals surface area (Å²) in [5.41, 5.74) is 3.51. The lowest BCUT2D eigenvalue weighted by molar-refractivity contribution is -0.132. The first-order valence-electron chi connectivity index (χ1n) is 7.88. The number of likely N-dealkylation sites (N-methyl/N-ethyl adjacent to an activating group) is 1. The standard InChI is InChI=1S/C19H25NO2S/c1-13(2)16-7-6-14(3)10-17(16)22-12-19(21)20(5)11-18-15(4)8-9-23-18/h6-10,13H,11-12H2,1-5H3. The fraction of sp³-hybridized carbons (Fsp3) is 0.421. The fourth-order valence-electron chi connectivity index (χ4n) is 2.36. The van der Waals surface area contributed by atoms with Gasteiger partial charge in [0.1, 0.15) is 5.75 Å². The van der Waals surface area contributed by atoms with Gasteiger partial charge in [-0.15, -0.1) is 11.3 Å². The van der Waals surface area contributed by atoms with Crippen LogP contribution in [0.4, 0.5) is 0 Å². The Hall–Kier alpha value is -1.81. The average Bonchev–Trinajstić information content (AvgIpc) is 2.89. The van der Waals surface area contributed by atoms with Gasteiger partial charge in [0.2, 0.25) is 0 Å². The first-order chi connectivity index (χ1) is 10.9. The van der Waals surface area contributed by atoms with Crippen LogP contribution in [0.5, 0.6) is 5.75 Å². The van der Waals surface area contributed by atoms with Gasteiger partial charge in [-0.05, 0) is 54.0 Å². The molecule has 0 N–H and O–H groups in total. The Kier molecular flexibility index (Phi) is 5.83. The zero-order valence-electron chi connectivity index (χ0n) is 14.6. The highest BCUT2D eigenvalue weighted by Crippen LogP contribution is 2.27. The SMILES string of the molecule is Cc1ccc(C(C)C)c(OCC(=O)N(C)Cc2sccc2C)c1. The molecule has 0 aliphatic rings. The summed E-state index contributed by atoms with van der Waals surface area (Å²) >= 11 is 1.68. The van der Waals surface area contributed by atoms with Crippen LogP contribution in [0.1, 0.15) is 41.3 Å². The largest absolute Gasteiger partial charge is 0.483 e. The van der Waals surface area contributed by atoms with Crippen molar-refractivity contribution in [3.8, 4) is 5.75 Å². The van der Waals surface area contributed by atoms with Crippen molar-refractivity contribution < 1.29 is 9.53 Å². The van der Waals surface area contributed by atoms with E-state index in [4.69, 9.17) is 4.74 Å². The Bertz CT molecular complexity index is 676. The Labute approximate surface area is 142 Å². The number of hydrogen-bond donors (Lipinski definition) is 0. The molecule has 2 aromatic rings. The van der Waals surface area contributed by atoms with Crippen LogP contribution in [-0.4, -0.2) is 24.5 Å². The predicted molar refractivity (Wildman–Crippen MR) is 96.3 cm³/mol. The van der Waals surface area contributed by atoms with Gasteiger partial charge >= 0.3 is 0 Å². The molecule has 0 spiro atoms. The number of nitrogens with zero attached hydrogens (tertiary/aromatic N) is 1. The minimum atomic E-state index is -0.00554. The number of carbonyl (C=O) groups excluding carboxylic acids is 1. The van der Waals surface area contributed by atoms with Crippen LogP contribution >= 0.6 is 11.3 Å². The van der Waals surface area contributed by atoms with Crippen molar-refractivity contribution in [2.45, 2.75) is 40.2 Å². The van der Waals surface area contributed by atoms with Gasteiger partial charge in [0.25, 0.3) is 5.91 Å². The van der Waals surface area contributed by atoms with Gasteiger partial charge in [0.05, 0.1) is 6.54 Å². The summed E-state index contributed by atoms with van der Waals surface area (Å²) in [6, 6.07) is 8.25. The number of ether oxygens (including phenoxy) is 1. The molecule has 1 aromatic carbocycles. The van der Waals surface area contributed by atoms with Gasteiger partial charge in [-0.25, -0.2) is 0 Å². The van der Waals surface area contributed by atoms with Gasteiger partial charge in [-0.1, -0.05) is 26.0 Å². The number of amides is 1. The Morgan fingerprint density at radius 1 is 1.26 bits per heavy atom. The van der Waals surface area contributed by atoms with Gasteiger partial charge in [-0.2, -0.15) is 0 Å². The fourth-order valence-corrected chi connectivity index (χ4v) is 3.32. The molecule has 1 heterocycles. The quantitative estimate of drug-likeness (QED) is 0.778. The van der Waals surface area contributed by atoms with E-state index in [0.717, 1.165) is 16.9 Å². The van der Waals surface area contributed by atoms with E-state index in [9.17, 15) is 4.79 Å². The molecule has 0 aliphatic carbocycles. The van der Waals surface area contributed by atoms with E-state index in [1.54, 1.807) is 16.2 Å². The average molecular weight is 331 g/mol. The Balaban J connectivity index is 1.99. The maximum Gasteiger partial charge on any atom is 0.260 e. The third-order valence-electron chi connectivity index (χ3n) is 3.92. The zero-order valence-corrected chi connectivity index (χ0v) is 15.4. The molecule has 124 valence electrons. The molecular formula is C19H25NO2S. The third kappa shape index (κ3) is 4.58. The molecule has 0 aliphatic heterocycles. The summed E-state index contributed by atoms with van der Waals surface area (Å²) in [6.07, 6.45) is 0. The lowest BCUT2D eigenvalue weighted by Gasteiger charge is -2.19. The van der Waals surface area contributed by atoms with E-state index < -0.39 is 0 Å². The molecule has 0 unspecified atom stereocenters. The molecule has 0 saturated heterocycles. The molecule has 4 heteroatoms. The molecule has 0 fully saturated rings. The van der Waals surface area contributed by atoms with Crippen LogP contribution < -0.4 is 4.74 Å². The Morgan fingerprint density at radius 3 is 2.61 bits per heavy atom. The van der Waals surface area contributed by atoms with E-state index in [1.807, 2.05) is 20.0 Å². The second kappa shape index (κ2) is 7.64. The maximum atomic E-state index is 12.3. The molecule has 1 amide bonds. The maximum absolute atomic E-state index is 12.3. The number of hydrogen-bond acceptors (Lipinski definition) is 3. The van der Waals surface area contributed by atoms with Crippen LogP contribution in [-0.2, 0) is 11.3 Å². The molecule has 1 aromatic heterocycles. The molecule has 0 bridgehead atoms. The van der Waals surface area contributed by atoms with E-state index in [1.165, 1.54) is 10.4 Å². The lowest BCUT2D eigenvalue weighted by Crippen LogP contribution is -2.31. The monoisotopic (exact) mass is 331 g/mol. The van der Waals surface area contributed by atoms with E-state index in [0.29, 0.717) is 12.5 Å². The van der Waals surface area contributed by atoms with E-state index in [2.05, 4.69) is 44.4 Å². The van der Waals surface area contributed by atoms with Crippen LogP contribution in [0.2, 0.25) is 0 Å². The van der Waals surface area contributed by atoms with Crippen molar-refractivity contribution in [3.05, 3.63) is 51.2 Å². The van der Waals surface area contributed by atoms with Gasteiger partial charge in [0, 0.05) is 11.9 Å². The topological polar surface area (TPSA) is 29.5 Å². The molecular weight excluding hydrogens is 306 g/mol. The van der Waals surface area contributed by atoms with Crippen molar-refractivity contribution in [2.75, 3.05) is 13.7 Å². The number of carbonyl (C=O) groups is 1. The van der Waals surface area contributed by atoms with Gasteiger partial charge in [0.15, 0.2) is 6.61 Å². The summed E-state index contributed by atoms with van der Waals surface area (Å²) in [7, 11) is 1.82. The molecule has 23 heavy (non-hydrogen) atoms. The van der Waals surface area contributed by atoms with Crippen molar-refractivity contribution in [1.82, 2.24) is 4.90 Å². The molecule has 0 atom stereocenters. The summed E-state index contributed by atoms with van der Waals surface area (Å²) in [4.78, 5) is 15.3. The highest BCUT2D eigenvalue weighted by molar-refractivity contribution is 7.10. The summed E-state index contributed by atoms with van der Waals surface area (Å²) < 4.78 is 5.82. The van der Waals surface area contributed by atoms with Gasteiger partial charge in [-0.3, -0.25) is 4.79 Å². The van der Waals surface area contributed by atoms with Crippen LogP contribution in [0.25, 0.3) is 0 Å². The van der Waals surface area contributed by atoms with Crippen molar-refractivity contribution in [3.63, 3.8) is 0 Å². The molecule has 0 saturated carbocycles. The summed E-state index contributed by atoms with van der Waals surface area (Å²) in [6.45, 7) is 9.07. The lowest BCUT2D eigenvalue weighted by atomic mass is 10.0. The van der Waals surface area contributed by atoms with Crippen LogP contribution in [0.3, 0.4) is 0 Å². The summed E-state index contributed by atoms with van der Waals surface area (Å²) in [5, 5.41) is 2.06. The molecule has 2 rings (SSSR count). The minimum absolute atomic E-state index is 0.00554. The number of thiophene rings is 1. The second-order valence-electron chi connectivity index (χ2n) is 6.26. The third-order valence-corrected chi connectivity index (χ3v) is 4.92. The van der Waals surface area contributed by atoms with Crippen LogP contribution in [0.15, 0.2) is 29.6 Å². The zero-order chi connectivity index (χ0) is 17.0. The minimum Gasteiger partial charge on any atom is -0.483 e. The Morgan fingerprint density at radius 2 is 2.00 bits per heavy atom. The molecule has 0 radical (unpaired) electrons. The van der Waals surface area contributed by atoms with Crippen molar-refractivity contribution >= 4 is 17.2 Å². The number of benzene rings is 1. The first kappa shape index (κ1) is 17.5. The van der Waals surface area contributed by atoms with Crippen LogP contribution in [0, 0.1) is 13.8 Å². The highest BCUT2D eigenvalue weighted by Gasteiger charge is 2.14. The second-order valence-corrected chi connectivity index (χ2v) is 7.26. The van der Waals surface area contributed by atoms with E-state index in [-0.39, 0.29) is 12.5 Å².